The topological polar surface area (TPSA) is 25.8 Å². The molecule has 0 saturated heterocycles. The van der Waals surface area contributed by atoms with Crippen molar-refractivity contribution in [2.75, 3.05) is 0 Å². The van der Waals surface area contributed by atoms with Crippen LogP contribution in [-0.2, 0) is 0 Å². The van der Waals surface area contributed by atoms with Crippen LogP contribution in [-0.4, -0.2) is 10.2 Å². The van der Waals surface area contributed by atoms with Gasteiger partial charge in [-0.3, -0.25) is 0 Å². The molecule has 5 rings (SSSR count). The van der Waals surface area contributed by atoms with E-state index >= 15 is 0 Å². The molecule has 122 valence electrons. The normalized spacial score (nSPS) is 11.1. The average molecular weight is 332 g/mol. The first-order valence-corrected chi connectivity index (χ1v) is 8.70. The number of hydrogen-bond donors (Lipinski definition) is 0. The number of hydrogen-bond acceptors (Lipinski definition) is 2. The third kappa shape index (κ3) is 2.35. The van der Waals surface area contributed by atoms with E-state index in [0.717, 1.165) is 16.8 Å². The van der Waals surface area contributed by atoms with E-state index in [4.69, 9.17) is 0 Å². The molecule has 26 heavy (non-hydrogen) atoms. The van der Waals surface area contributed by atoms with Gasteiger partial charge in [-0.15, -0.1) is 5.10 Å². The summed E-state index contributed by atoms with van der Waals surface area (Å²) in [4.78, 5) is 0. The minimum Gasteiger partial charge on any atom is -0.158 e. The van der Waals surface area contributed by atoms with Crippen LogP contribution in [0.5, 0.6) is 0 Å². The molecule has 0 radical (unpaired) electrons. The van der Waals surface area contributed by atoms with Crippen molar-refractivity contribution in [3.63, 3.8) is 0 Å². The summed E-state index contributed by atoms with van der Waals surface area (Å²) in [5.74, 6) is 0. The molecule has 0 fully saturated rings. The molecule has 0 spiro atoms. The first-order chi connectivity index (χ1) is 12.9. The molecule has 4 aromatic carbocycles. The smallest absolute Gasteiger partial charge is 0.101 e. The predicted molar refractivity (Wildman–Crippen MR) is 108 cm³/mol. The molecule has 0 amide bonds. The zero-order chi connectivity index (χ0) is 17.3. The molecule has 0 saturated carbocycles. The highest BCUT2D eigenvalue weighted by atomic mass is 15.1. The van der Waals surface area contributed by atoms with Gasteiger partial charge in [0.05, 0.1) is 6.20 Å². The number of rotatable bonds is 2. The van der Waals surface area contributed by atoms with E-state index in [2.05, 4.69) is 101 Å². The van der Waals surface area contributed by atoms with Gasteiger partial charge < -0.3 is 0 Å². The first-order valence-electron chi connectivity index (χ1n) is 8.70. The van der Waals surface area contributed by atoms with Gasteiger partial charge in [-0.05, 0) is 33.2 Å². The Morgan fingerprint density at radius 2 is 1.04 bits per heavy atom. The Bertz CT molecular complexity index is 1130. The summed E-state index contributed by atoms with van der Waals surface area (Å²) in [6, 6.07) is 31.7. The molecule has 1 aromatic heterocycles. The van der Waals surface area contributed by atoms with Crippen molar-refractivity contribution in [1.82, 2.24) is 10.2 Å². The van der Waals surface area contributed by atoms with Crippen molar-refractivity contribution in [2.24, 2.45) is 0 Å². The second kappa shape index (κ2) is 6.08. The predicted octanol–water partition coefficient (Wildman–Crippen LogP) is 6.12. The standard InChI is InChI=1S/C24H16N2/c1-3-11-19-17(7-1)9-5-13-21(19)23-15-16-25-26-24(23)22-14-6-10-18-8-2-4-12-20(18)22/h1-16H. The Labute approximate surface area is 151 Å². The van der Waals surface area contributed by atoms with E-state index in [1.54, 1.807) is 6.20 Å². The minimum atomic E-state index is 0.917. The summed E-state index contributed by atoms with van der Waals surface area (Å²) in [5.41, 5.74) is 4.31. The lowest BCUT2D eigenvalue weighted by Crippen LogP contribution is -1.93. The first kappa shape index (κ1) is 14.8. The monoisotopic (exact) mass is 332 g/mol. The molecule has 0 aliphatic carbocycles. The summed E-state index contributed by atoms with van der Waals surface area (Å²) in [6.07, 6.45) is 1.77. The maximum Gasteiger partial charge on any atom is 0.101 e. The molecule has 0 N–H and O–H groups in total. The maximum absolute atomic E-state index is 4.53. The highest BCUT2D eigenvalue weighted by Crippen LogP contribution is 2.36. The van der Waals surface area contributed by atoms with E-state index in [1.165, 1.54) is 27.1 Å². The van der Waals surface area contributed by atoms with Crippen molar-refractivity contribution >= 4 is 21.5 Å². The fraction of sp³-hybridized carbons (Fsp3) is 0. The summed E-state index contributed by atoms with van der Waals surface area (Å²) in [5, 5.41) is 13.6. The van der Waals surface area contributed by atoms with Gasteiger partial charge in [0, 0.05) is 11.1 Å². The van der Waals surface area contributed by atoms with Crippen molar-refractivity contribution in [1.29, 1.82) is 0 Å². The molecule has 1 heterocycles. The lowest BCUT2D eigenvalue weighted by atomic mass is 9.93. The lowest BCUT2D eigenvalue weighted by Gasteiger charge is -2.12. The Balaban J connectivity index is 1.83. The maximum atomic E-state index is 4.53. The van der Waals surface area contributed by atoms with Gasteiger partial charge in [-0.1, -0.05) is 84.9 Å². The van der Waals surface area contributed by atoms with Gasteiger partial charge >= 0.3 is 0 Å². The van der Waals surface area contributed by atoms with Crippen LogP contribution in [0.3, 0.4) is 0 Å². The summed E-state index contributed by atoms with van der Waals surface area (Å²) in [7, 11) is 0. The van der Waals surface area contributed by atoms with Gasteiger partial charge in [-0.2, -0.15) is 5.10 Å². The average Bonchev–Trinajstić information content (AvgIpc) is 2.73. The number of fused-ring (bicyclic) bond motifs is 2. The summed E-state index contributed by atoms with van der Waals surface area (Å²) < 4.78 is 0. The van der Waals surface area contributed by atoms with Gasteiger partial charge in [0.25, 0.3) is 0 Å². The van der Waals surface area contributed by atoms with Crippen LogP contribution in [0.4, 0.5) is 0 Å². The molecule has 0 bridgehead atoms. The van der Waals surface area contributed by atoms with E-state index in [0.29, 0.717) is 0 Å². The van der Waals surface area contributed by atoms with E-state index in [1.807, 2.05) is 0 Å². The van der Waals surface area contributed by atoms with Gasteiger partial charge in [0.15, 0.2) is 0 Å². The van der Waals surface area contributed by atoms with E-state index in [9.17, 15) is 0 Å². The molecular weight excluding hydrogens is 316 g/mol. The fourth-order valence-electron chi connectivity index (χ4n) is 3.64. The number of aromatic nitrogens is 2. The molecule has 2 heteroatoms. The third-order valence-electron chi connectivity index (χ3n) is 4.85. The Hall–Kier alpha value is -3.52. The van der Waals surface area contributed by atoms with Crippen LogP contribution < -0.4 is 0 Å². The van der Waals surface area contributed by atoms with Crippen LogP contribution in [0.15, 0.2) is 97.2 Å². The van der Waals surface area contributed by atoms with Crippen LogP contribution in [0.1, 0.15) is 0 Å². The molecular formula is C24H16N2. The molecule has 0 aliphatic heterocycles. The third-order valence-corrected chi connectivity index (χ3v) is 4.85. The van der Waals surface area contributed by atoms with Crippen LogP contribution >= 0.6 is 0 Å². The second-order valence-electron chi connectivity index (χ2n) is 6.35. The molecule has 0 atom stereocenters. The van der Waals surface area contributed by atoms with Crippen molar-refractivity contribution < 1.29 is 0 Å². The zero-order valence-electron chi connectivity index (χ0n) is 14.1. The second-order valence-corrected chi connectivity index (χ2v) is 6.35. The number of nitrogens with zero attached hydrogens (tertiary/aromatic N) is 2. The van der Waals surface area contributed by atoms with Crippen LogP contribution in [0, 0.1) is 0 Å². The minimum absolute atomic E-state index is 0.917. The van der Waals surface area contributed by atoms with Crippen molar-refractivity contribution in [3.8, 4) is 22.4 Å². The van der Waals surface area contributed by atoms with Crippen molar-refractivity contribution in [3.05, 3.63) is 97.2 Å². The zero-order valence-corrected chi connectivity index (χ0v) is 14.1. The number of benzene rings is 4. The Morgan fingerprint density at radius 1 is 0.462 bits per heavy atom. The van der Waals surface area contributed by atoms with Crippen LogP contribution in [0.2, 0.25) is 0 Å². The van der Waals surface area contributed by atoms with Crippen LogP contribution in [0.25, 0.3) is 43.9 Å². The Morgan fingerprint density at radius 3 is 1.77 bits per heavy atom. The lowest BCUT2D eigenvalue weighted by molar-refractivity contribution is 1.04. The van der Waals surface area contributed by atoms with E-state index < -0.39 is 0 Å². The molecule has 5 aromatic rings. The van der Waals surface area contributed by atoms with Gasteiger partial charge in [0.2, 0.25) is 0 Å². The largest absolute Gasteiger partial charge is 0.158 e. The fourth-order valence-corrected chi connectivity index (χ4v) is 3.64. The Kier molecular flexibility index (Phi) is 3.46. The van der Waals surface area contributed by atoms with Crippen molar-refractivity contribution in [2.45, 2.75) is 0 Å². The van der Waals surface area contributed by atoms with Gasteiger partial charge in [-0.25, -0.2) is 0 Å². The SMILES string of the molecule is c1ccc2c(-c3ccnnc3-c3cccc4ccccc34)cccc2c1. The quantitative estimate of drug-likeness (QED) is 0.389. The molecule has 2 nitrogen and oxygen atoms in total. The summed E-state index contributed by atoms with van der Waals surface area (Å²) in [6.45, 7) is 0. The van der Waals surface area contributed by atoms with E-state index in [-0.39, 0.29) is 0 Å². The highest BCUT2D eigenvalue weighted by Gasteiger charge is 2.13. The van der Waals surface area contributed by atoms with Gasteiger partial charge in [0.1, 0.15) is 5.69 Å². The highest BCUT2D eigenvalue weighted by molar-refractivity contribution is 6.03. The summed E-state index contributed by atoms with van der Waals surface area (Å²) >= 11 is 0. The molecule has 0 aliphatic rings. The molecule has 0 unspecified atom stereocenters.